The molecule has 0 bridgehead atoms. The lowest BCUT2D eigenvalue weighted by atomic mass is 10.1. The monoisotopic (exact) mass is 353 g/mol. The van der Waals surface area contributed by atoms with Gasteiger partial charge >= 0.3 is 12.1 Å². The lowest BCUT2D eigenvalue weighted by molar-refractivity contribution is 0.0696. The Labute approximate surface area is 151 Å². The van der Waals surface area contributed by atoms with Gasteiger partial charge in [0.05, 0.1) is 17.8 Å². The number of anilines is 1. The predicted molar refractivity (Wildman–Crippen MR) is 94.8 cm³/mol. The molecule has 4 rings (SSSR count). The van der Waals surface area contributed by atoms with Crippen molar-refractivity contribution in [2.24, 2.45) is 0 Å². The first-order valence-electron chi connectivity index (χ1n) is 8.65. The first kappa shape index (κ1) is 16.4. The maximum Gasteiger partial charge on any atom is 0.414 e. The molecule has 0 radical (unpaired) electrons. The summed E-state index contributed by atoms with van der Waals surface area (Å²) in [6, 6.07) is 12.6. The summed E-state index contributed by atoms with van der Waals surface area (Å²) in [5.74, 6) is 0.0415. The molecule has 0 atom stereocenters. The van der Waals surface area contributed by atoms with E-state index in [-0.39, 0.29) is 12.2 Å². The number of hydrogen-bond acceptors (Lipinski definition) is 4. The van der Waals surface area contributed by atoms with E-state index in [1.165, 1.54) is 35.4 Å². The molecule has 1 N–H and O–H groups in total. The number of rotatable bonds is 4. The van der Waals surface area contributed by atoms with Crippen LogP contribution in [-0.4, -0.2) is 30.3 Å². The van der Waals surface area contributed by atoms with Crippen LogP contribution < -0.4 is 9.64 Å². The summed E-state index contributed by atoms with van der Waals surface area (Å²) in [4.78, 5) is 25.0. The number of carbonyl (C=O) groups is 2. The zero-order valence-corrected chi connectivity index (χ0v) is 14.2. The summed E-state index contributed by atoms with van der Waals surface area (Å²) in [6.07, 6.45) is 2.05. The topological polar surface area (TPSA) is 76.1 Å². The second kappa shape index (κ2) is 6.71. The molecule has 1 heterocycles. The number of aromatic carboxylic acids is 1. The molecule has 0 spiro atoms. The average Bonchev–Trinajstić information content (AvgIpc) is 3.50. The van der Waals surface area contributed by atoms with Gasteiger partial charge < -0.3 is 14.6 Å². The SMILES string of the molecule is O=C(O)c1ccc2c(c1)OCCN2C(=O)OCc1ccc(C2CC2)cc1. The van der Waals surface area contributed by atoms with Gasteiger partial charge in [-0.25, -0.2) is 9.59 Å². The van der Waals surface area contributed by atoms with Gasteiger partial charge in [-0.15, -0.1) is 0 Å². The van der Waals surface area contributed by atoms with Gasteiger partial charge in [0.2, 0.25) is 0 Å². The van der Waals surface area contributed by atoms with Crippen LogP contribution in [0, 0.1) is 0 Å². The van der Waals surface area contributed by atoms with Gasteiger partial charge in [-0.1, -0.05) is 24.3 Å². The smallest absolute Gasteiger partial charge is 0.414 e. The van der Waals surface area contributed by atoms with Gasteiger partial charge in [0.15, 0.2) is 0 Å². The van der Waals surface area contributed by atoms with Crippen LogP contribution in [-0.2, 0) is 11.3 Å². The molecular formula is C20H19NO5. The molecule has 2 aromatic rings. The molecule has 2 aromatic carbocycles. The molecule has 1 fully saturated rings. The number of carboxylic acid groups (broad SMARTS) is 1. The molecule has 0 unspecified atom stereocenters. The minimum atomic E-state index is -1.04. The second-order valence-corrected chi connectivity index (χ2v) is 6.56. The molecule has 1 saturated carbocycles. The Kier molecular flexibility index (Phi) is 4.24. The lowest BCUT2D eigenvalue weighted by Gasteiger charge is -2.29. The van der Waals surface area contributed by atoms with Crippen molar-refractivity contribution < 1.29 is 24.2 Å². The van der Waals surface area contributed by atoms with Crippen LogP contribution in [0.5, 0.6) is 5.75 Å². The molecule has 1 aliphatic carbocycles. The van der Waals surface area contributed by atoms with Crippen LogP contribution in [0.1, 0.15) is 40.2 Å². The van der Waals surface area contributed by atoms with E-state index in [2.05, 4.69) is 12.1 Å². The summed E-state index contributed by atoms with van der Waals surface area (Å²) >= 11 is 0. The minimum Gasteiger partial charge on any atom is -0.490 e. The van der Waals surface area contributed by atoms with E-state index in [4.69, 9.17) is 14.6 Å². The van der Waals surface area contributed by atoms with E-state index >= 15 is 0 Å². The Bertz CT molecular complexity index is 842. The molecule has 134 valence electrons. The van der Waals surface area contributed by atoms with Crippen molar-refractivity contribution in [3.05, 3.63) is 59.2 Å². The van der Waals surface area contributed by atoms with Gasteiger partial charge in [-0.05, 0) is 48.1 Å². The summed E-state index contributed by atoms with van der Waals surface area (Å²) < 4.78 is 10.9. The number of amides is 1. The van der Waals surface area contributed by atoms with Crippen molar-refractivity contribution >= 4 is 17.7 Å². The van der Waals surface area contributed by atoms with Gasteiger partial charge in [0.25, 0.3) is 0 Å². The number of carboxylic acids is 1. The normalized spacial score (nSPS) is 15.8. The first-order valence-corrected chi connectivity index (χ1v) is 8.65. The van der Waals surface area contributed by atoms with Crippen LogP contribution >= 0.6 is 0 Å². The fourth-order valence-corrected chi connectivity index (χ4v) is 3.07. The van der Waals surface area contributed by atoms with E-state index < -0.39 is 12.1 Å². The molecule has 2 aliphatic rings. The Hall–Kier alpha value is -3.02. The number of benzene rings is 2. The second-order valence-electron chi connectivity index (χ2n) is 6.56. The number of carbonyl (C=O) groups excluding carboxylic acids is 1. The average molecular weight is 353 g/mol. The molecule has 1 amide bonds. The fourth-order valence-electron chi connectivity index (χ4n) is 3.07. The van der Waals surface area contributed by atoms with E-state index in [1.807, 2.05) is 12.1 Å². The summed E-state index contributed by atoms with van der Waals surface area (Å²) in [6.45, 7) is 0.851. The van der Waals surface area contributed by atoms with Crippen molar-refractivity contribution in [3.63, 3.8) is 0 Å². The summed E-state index contributed by atoms with van der Waals surface area (Å²) in [5.41, 5.74) is 2.93. The van der Waals surface area contributed by atoms with Gasteiger partial charge in [-0.3, -0.25) is 4.90 Å². The molecule has 26 heavy (non-hydrogen) atoms. The maximum atomic E-state index is 12.5. The van der Waals surface area contributed by atoms with Crippen molar-refractivity contribution in [2.75, 3.05) is 18.1 Å². The van der Waals surface area contributed by atoms with E-state index in [9.17, 15) is 9.59 Å². The third-order valence-corrected chi connectivity index (χ3v) is 4.68. The molecule has 0 saturated heterocycles. The summed E-state index contributed by atoms with van der Waals surface area (Å²) in [5, 5.41) is 9.07. The highest BCUT2D eigenvalue weighted by atomic mass is 16.6. The summed E-state index contributed by atoms with van der Waals surface area (Å²) in [7, 11) is 0. The van der Waals surface area contributed by atoms with Crippen LogP contribution in [0.4, 0.5) is 10.5 Å². The molecule has 6 nitrogen and oxygen atoms in total. The highest BCUT2D eigenvalue weighted by molar-refractivity contribution is 5.93. The van der Waals surface area contributed by atoms with E-state index in [0.717, 1.165) is 5.56 Å². The van der Waals surface area contributed by atoms with Gasteiger partial charge in [0, 0.05) is 0 Å². The van der Waals surface area contributed by atoms with Gasteiger partial charge in [0.1, 0.15) is 19.0 Å². The third kappa shape index (κ3) is 3.35. The van der Waals surface area contributed by atoms with Crippen molar-refractivity contribution in [1.29, 1.82) is 0 Å². The van der Waals surface area contributed by atoms with Crippen molar-refractivity contribution in [3.8, 4) is 5.75 Å². The Morgan fingerprint density at radius 2 is 1.92 bits per heavy atom. The van der Waals surface area contributed by atoms with E-state index in [1.54, 1.807) is 6.07 Å². The quantitative estimate of drug-likeness (QED) is 0.905. The van der Waals surface area contributed by atoms with Gasteiger partial charge in [-0.2, -0.15) is 0 Å². The largest absolute Gasteiger partial charge is 0.490 e. The standard InChI is InChI=1S/C20H19NO5/c22-19(23)16-7-8-17-18(11-16)25-10-9-21(17)20(24)26-12-13-1-3-14(4-2-13)15-5-6-15/h1-4,7-8,11,15H,5-6,9-10,12H2,(H,22,23). The number of hydrogen-bond donors (Lipinski definition) is 1. The fraction of sp³-hybridized carbons (Fsp3) is 0.300. The van der Waals surface area contributed by atoms with Crippen molar-refractivity contribution in [2.45, 2.75) is 25.4 Å². The van der Waals surface area contributed by atoms with Crippen LogP contribution in [0.25, 0.3) is 0 Å². The van der Waals surface area contributed by atoms with Crippen LogP contribution in [0.2, 0.25) is 0 Å². The van der Waals surface area contributed by atoms with Crippen LogP contribution in [0.15, 0.2) is 42.5 Å². The molecular weight excluding hydrogens is 334 g/mol. The lowest BCUT2D eigenvalue weighted by Crippen LogP contribution is -2.38. The predicted octanol–water partition coefficient (Wildman–Crippen LogP) is 3.80. The zero-order chi connectivity index (χ0) is 18.1. The Morgan fingerprint density at radius 1 is 1.15 bits per heavy atom. The molecule has 1 aliphatic heterocycles. The first-order chi connectivity index (χ1) is 12.6. The molecule has 0 aromatic heterocycles. The number of fused-ring (bicyclic) bond motifs is 1. The highest BCUT2D eigenvalue weighted by Crippen LogP contribution is 2.40. The molecule has 6 heteroatoms. The van der Waals surface area contributed by atoms with Crippen molar-refractivity contribution in [1.82, 2.24) is 0 Å². The maximum absolute atomic E-state index is 12.5. The third-order valence-electron chi connectivity index (χ3n) is 4.68. The number of nitrogens with zero attached hydrogens (tertiary/aromatic N) is 1. The van der Waals surface area contributed by atoms with Crippen LogP contribution in [0.3, 0.4) is 0 Å². The Morgan fingerprint density at radius 3 is 2.62 bits per heavy atom. The minimum absolute atomic E-state index is 0.120. The van der Waals surface area contributed by atoms with E-state index in [0.29, 0.717) is 30.5 Å². The zero-order valence-electron chi connectivity index (χ0n) is 14.2. The number of ether oxygens (including phenoxy) is 2. The highest BCUT2D eigenvalue weighted by Gasteiger charge is 2.26. The Balaban J connectivity index is 1.43.